The van der Waals surface area contributed by atoms with Gasteiger partial charge in [-0.25, -0.2) is 4.39 Å². The molecule has 1 aromatic carbocycles. The molecule has 0 bridgehead atoms. The van der Waals surface area contributed by atoms with Crippen molar-refractivity contribution in [1.82, 2.24) is 5.32 Å². The fourth-order valence-corrected chi connectivity index (χ4v) is 2.52. The number of amides is 1. The maximum atomic E-state index is 13.3. The third-order valence-corrected chi connectivity index (χ3v) is 3.96. The van der Waals surface area contributed by atoms with Crippen molar-refractivity contribution in [2.75, 3.05) is 0 Å². The molecule has 19 heavy (non-hydrogen) atoms. The number of carbonyl (C=O) groups excluding carboxylic acids is 1. The lowest BCUT2D eigenvalue weighted by atomic mass is 9.76. The van der Waals surface area contributed by atoms with Crippen molar-refractivity contribution in [2.45, 2.75) is 38.3 Å². The molecule has 0 radical (unpaired) electrons. The van der Waals surface area contributed by atoms with Crippen LogP contribution in [-0.2, 0) is 0 Å². The Morgan fingerprint density at radius 3 is 2.79 bits per heavy atom. The second-order valence-electron chi connectivity index (χ2n) is 5.00. The molecule has 104 valence electrons. The summed E-state index contributed by atoms with van der Waals surface area (Å²) in [4.78, 5) is 12.0. The molecule has 5 heteroatoms. The first-order valence-electron chi connectivity index (χ1n) is 6.45. The van der Waals surface area contributed by atoms with Gasteiger partial charge in [0.15, 0.2) is 0 Å². The summed E-state index contributed by atoms with van der Waals surface area (Å²) < 4.78 is 13.3. The number of carbonyl (C=O) groups is 1. The first-order chi connectivity index (χ1) is 9.01. The predicted octanol–water partition coefficient (Wildman–Crippen LogP) is 2.76. The van der Waals surface area contributed by atoms with E-state index in [2.05, 4.69) is 5.32 Å². The topological polar surface area (TPSA) is 49.3 Å². The van der Waals surface area contributed by atoms with Crippen LogP contribution in [0.3, 0.4) is 0 Å². The number of hydrogen-bond donors (Lipinski definition) is 2. The Labute approximate surface area is 116 Å². The number of aliphatic hydroxyl groups is 1. The maximum absolute atomic E-state index is 13.3. The monoisotopic (exact) mass is 285 g/mol. The maximum Gasteiger partial charge on any atom is 0.251 e. The van der Waals surface area contributed by atoms with Crippen LogP contribution in [-0.4, -0.2) is 23.2 Å². The highest BCUT2D eigenvalue weighted by molar-refractivity contribution is 6.30. The minimum atomic E-state index is -0.596. The van der Waals surface area contributed by atoms with Gasteiger partial charge in [-0.3, -0.25) is 4.79 Å². The molecule has 1 saturated carbocycles. The van der Waals surface area contributed by atoms with E-state index in [1.165, 1.54) is 12.1 Å². The normalized spacial score (nSPS) is 23.6. The van der Waals surface area contributed by atoms with Crippen LogP contribution in [0.4, 0.5) is 4.39 Å². The summed E-state index contributed by atoms with van der Waals surface area (Å²) in [6.07, 6.45) is 1.98. The summed E-state index contributed by atoms with van der Waals surface area (Å²) in [6, 6.07) is 4.04. The zero-order valence-corrected chi connectivity index (χ0v) is 11.5. The van der Waals surface area contributed by atoms with Gasteiger partial charge < -0.3 is 10.4 Å². The summed E-state index contributed by atoms with van der Waals surface area (Å²) in [6.45, 7) is 1.98. The number of benzene rings is 1. The summed E-state index contributed by atoms with van der Waals surface area (Å²) in [5.74, 6) is -0.591. The van der Waals surface area contributed by atoms with Crippen molar-refractivity contribution in [2.24, 2.45) is 5.92 Å². The Bertz CT molecular complexity index is 475. The Kier molecular flexibility index (Phi) is 4.42. The predicted molar refractivity (Wildman–Crippen MR) is 71.7 cm³/mol. The van der Waals surface area contributed by atoms with Crippen LogP contribution in [0.15, 0.2) is 18.2 Å². The lowest BCUT2D eigenvalue weighted by Gasteiger charge is -2.37. The van der Waals surface area contributed by atoms with Gasteiger partial charge in [0.1, 0.15) is 5.82 Å². The number of aliphatic hydroxyl groups excluding tert-OH is 1. The van der Waals surface area contributed by atoms with E-state index in [1.54, 1.807) is 0 Å². The van der Waals surface area contributed by atoms with E-state index in [9.17, 15) is 14.3 Å². The first-order valence-corrected chi connectivity index (χ1v) is 6.83. The van der Waals surface area contributed by atoms with Crippen molar-refractivity contribution in [3.8, 4) is 0 Å². The number of nitrogens with one attached hydrogen (secondary N) is 1. The molecule has 1 fully saturated rings. The van der Waals surface area contributed by atoms with E-state index in [0.717, 1.165) is 12.5 Å². The van der Waals surface area contributed by atoms with Crippen LogP contribution in [0.5, 0.6) is 0 Å². The Hall–Kier alpha value is -1.13. The third kappa shape index (κ3) is 3.25. The van der Waals surface area contributed by atoms with Gasteiger partial charge in [-0.1, -0.05) is 18.5 Å². The molecule has 1 aromatic rings. The summed E-state index contributed by atoms with van der Waals surface area (Å²) in [5.41, 5.74) is 0.264. The van der Waals surface area contributed by atoms with Gasteiger partial charge in [0.2, 0.25) is 0 Å². The molecule has 0 saturated heterocycles. The van der Waals surface area contributed by atoms with E-state index in [0.29, 0.717) is 18.8 Å². The van der Waals surface area contributed by atoms with Gasteiger partial charge in [-0.05, 0) is 43.4 Å². The Morgan fingerprint density at radius 1 is 1.58 bits per heavy atom. The summed E-state index contributed by atoms with van der Waals surface area (Å²) in [5, 5.41) is 12.2. The minimum Gasteiger partial charge on any atom is -0.393 e. The molecule has 0 spiro atoms. The van der Waals surface area contributed by atoms with Crippen LogP contribution in [0.2, 0.25) is 5.02 Å². The largest absolute Gasteiger partial charge is 0.393 e. The molecule has 2 rings (SSSR count). The molecular formula is C14H17ClFNO2. The van der Waals surface area contributed by atoms with Crippen LogP contribution in [0.1, 0.15) is 36.5 Å². The summed E-state index contributed by atoms with van der Waals surface area (Å²) >= 11 is 5.58. The SMILES string of the molecule is CC[C@@H](NC(=O)c1ccc(Cl)c(F)c1)C1CC(O)C1. The minimum absolute atomic E-state index is 0.00528. The van der Waals surface area contributed by atoms with E-state index < -0.39 is 5.82 Å². The van der Waals surface area contributed by atoms with E-state index in [-0.39, 0.29) is 28.6 Å². The van der Waals surface area contributed by atoms with Crippen molar-refractivity contribution in [3.05, 3.63) is 34.6 Å². The van der Waals surface area contributed by atoms with Crippen LogP contribution in [0.25, 0.3) is 0 Å². The first kappa shape index (κ1) is 14.3. The van der Waals surface area contributed by atoms with Crippen molar-refractivity contribution < 1.29 is 14.3 Å². The highest BCUT2D eigenvalue weighted by Crippen LogP contribution is 2.31. The molecule has 0 unspecified atom stereocenters. The average Bonchev–Trinajstić information content (AvgIpc) is 2.35. The lowest BCUT2D eigenvalue weighted by molar-refractivity contribution is 0.0232. The van der Waals surface area contributed by atoms with Crippen LogP contribution in [0, 0.1) is 11.7 Å². The molecular weight excluding hydrogens is 269 g/mol. The average molecular weight is 286 g/mol. The zero-order valence-electron chi connectivity index (χ0n) is 10.7. The van der Waals surface area contributed by atoms with Gasteiger partial charge in [-0.2, -0.15) is 0 Å². The smallest absolute Gasteiger partial charge is 0.251 e. The second kappa shape index (κ2) is 5.88. The number of rotatable bonds is 4. The molecule has 1 aliphatic rings. The van der Waals surface area contributed by atoms with E-state index in [1.807, 2.05) is 6.92 Å². The molecule has 2 N–H and O–H groups in total. The molecule has 0 aliphatic heterocycles. The van der Waals surface area contributed by atoms with Crippen LogP contribution < -0.4 is 5.32 Å². The molecule has 3 nitrogen and oxygen atoms in total. The molecule has 1 aliphatic carbocycles. The third-order valence-electron chi connectivity index (χ3n) is 3.66. The molecule has 0 aromatic heterocycles. The fraction of sp³-hybridized carbons (Fsp3) is 0.500. The Morgan fingerprint density at radius 2 is 2.26 bits per heavy atom. The lowest BCUT2D eigenvalue weighted by Crippen LogP contribution is -2.46. The zero-order chi connectivity index (χ0) is 14.0. The number of halogens is 2. The highest BCUT2D eigenvalue weighted by atomic mass is 35.5. The van der Waals surface area contributed by atoms with Crippen molar-refractivity contribution in [3.63, 3.8) is 0 Å². The fourth-order valence-electron chi connectivity index (χ4n) is 2.40. The standard InChI is InChI=1S/C14H17ClFNO2/c1-2-13(9-5-10(18)6-9)17-14(19)8-3-4-11(15)12(16)7-8/h3-4,7,9-10,13,18H,2,5-6H2,1H3,(H,17,19)/t9?,10?,13-/m1/s1. The van der Waals surface area contributed by atoms with Gasteiger partial charge in [0.05, 0.1) is 11.1 Å². The number of hydrogen-bond acceptors (Lipinski definition) is 2. The molecule has 1 amide bonds. The van der Waals surface area contributed by atoms with Gasteiger partial charge in [0, 0.05) is 11.6 Å². The second-order valence-corrected chi connectivity index (χ2v) is 5.41. The van der Waals surface area contributed by atoms with Crippen molar-refractivity contribution >= 4 is 17.5 Å². The Balaban J connectivity index is 2.00. The molecule has 1 atom stereocenters. The van der Waals surface area contributed by atoms with E-state index in [4.69, 9.17) is 11.6 Å². The van der Waals surface area contributed by atoms with Gasteiger partial charge in [-0.15, -0.1) is 0 Å². The highest BCUT2D eigenvalue weighted by Gasteiger charge is 2.33. The quantitative estimate of drug-likeness (QED) is 0.894. The van der Waals surface area contributed by atoms with Gasteiger partial charge in [0.25, 0.3) is 5.91 Å². The van der Waals surface area contributed by atoms with Crippen LogP contribution >= 0.6 is 11.6 Å². The molecule has 0 heterocycles. The van der Waals surface area contributed by atoms with E-state index >= 15 is 0 Å². The van der Waals surface area contributed by atoms with Crippen molar-refractivity contribution in [1.29, 1.82) is 0 Å². The van der Waals surface area contributed by atoms with Gasteiger partial charge >= 0.3 is 0 Å². The summed E-state index contributed by atoms with van der Waals surface area (Å²) in [7, 11) is 0.